The number of esters is 1. The van der Waals surface area contributed by atoms with Crippen LogP contribution in [0.4, 0.5) is 10.1 Å². The summed E-state index contributed by atoms with van der Waals surface area (Å²) >= 11 is 0. The molecule has 0 radical (unpaired) electrons. The fraction of sp³-hybridized carbons (Fsp3) is 0.385. The van der Waals surface area contributed by atoms with Gasteiger partial charge in [0.15, 0.2) is 0 Å². The van der Waals surface area contributed by atoms with Crippen molar-refractivity contribution in [2.45, 2.75) is 12.2 Å². The van der Waals surface area contributed by atoms with Crippen LogP contribution in [0.5, 0.6) is 0 Å². The van der Waals surface area contributed by atoms with Gasteiger partial charge in [0.2, 0.25) is 5.91 Å². The summed E-state index contributed by atoms with van der Waals surface area (Å²) in [6.45, 7) is 0.213. The number of benzene rings is 1. The third-order valence-corrected chi connectivity index (χ3v) is 3.93. The van der Waals surface area contributed by atoms with Gasteiger partial charge in [-0.25, -0.2) is 12.8 Å². The van der Waals surface area contributed by atoms with Crippen LogP contribution in [-0.2, 0) is 30.8 Å². The van der Waals surface area contributed by atoms with E-state index in [0.717, 1.165) is 6.07 Å². The Morgan fingerprint density at radius 2 is 2.19 bits per heavy atom. The van der Waals surface area contributed by atoms with Crippen molar-refractivity contribution >= 4 is 28.3 Å². The molecule has 0 N–H and O–H groups in total. The van der Waals surface area contributed by atoms with Crippen LogP contribution in [0.1, 0.15) is 12.0 Å². The van der Waals surface area contributed by atoms with E-state index >= 15 is 0 Å². The molecule has 0 aromatic heterocycles. The number of carbonyl (C=O) groups is 2. The van der Waals surface area contributed by atoms with E-state index in [2.05, 4.69) is 4.74 Å². The molecule has 1 aliphatic heterocycles. The van der Waals surface area contributed by atoms with Crippen molar-refractivity contribution in [3.63, 3.8) is 0 Å². The molecule has 0 spiro atoms. The number of thiol groups is 1. The molecule has 1 unspecified atom stereocenters. The first-order valence-corrected chi connectivity index (χ1v) is 7.59. The molecule has 8 heteroatoms. The molecule has 1 fully saturated rings. The van der Waals surface area contributed by atoms with Crippen molar-refractivity contribution in [3.8, 4) is 0 Å². The smallest absolute Gasteiger partial charge is 0.318 e. The number of rotatable bonds is 4. The Bertz CT molecular complexity index is 650. The number of hydrogen-bond donors (Lipinski definition) is 1. The SMILES string of the molecule is COC(=O)C1CCN(c2ccc(C[SH](=O)=O)cc2F)C1=O. The maximum absolute atomic E-state index is 14.0. The fourth-order valence-corrected chi connectivity index (χ4v) is 2.79. The Morgan fingerprint density at radius 1 is 1.48 bits per heavy atom. The van der Waals surface area contributed by atoms with Crippen LogP contribution in [-0.4, -0.2) is 33.9 Å². The van der Waals surface area contributed by atoms with Crippen molar-refractivity contribution in [1.82, 2.24) is 0 Å². The molecular weight excluding hydrogens is 301 g/mol. The molecule has 0 saturated carbocycles. The summed E-state index contributed by atoms with van der Waals surface area (Å²) in [5.74, 6) is -3.01. The monoisotopic (exact) mass is 315 g/mol. The summed E-state index contributed by atoms with van der Waals surface area (Å²) in [6, 6.07) is 3.88. The summed E-state index contributed by atoms with van der Waals surface area (Å²) in [7, 11) is -1.45. The second-order valence-corrected chi connectivity index (χ2v) is 5.61. The van der Waals surface area contributed by atoms with Gasteiger partial charge >= 0.3 is 5.97 Å². The van der Waals surface area contributed by atoms with Gasteiger partial charge in [-0.1, -0.05) is 6.07 Å². The predicted molar refractivity (Wildman–Crippen MR) is 72.9 cm³/mol. The van der Waals surface area contributed by atoms with Gasteiger partial charge in [-0.3, -0.25) is 9.59 Å². The molecule has 1 heterocycles. The molecule has 21 heavy (non-hydrogen) atoms. The van der Waals surface area contributed by atoms with Gasteiger partial charge < -0.3 is 9.64 Å². The van der Waals surface area contributed by atoms with Crippen molar-refractivity contribution in [2.24, 2.45) is 5.92 Å². The highest BCUT2D eigenvalue weighted by Crippen LogP contribution is 2.28. The molecule has 1 aromatic rings. The second kappa shape index (κ2) is 6.21. The zero-order chi connectivity index (χ0) is 15.6. The van der Waals surface area contributed by atoms with Crippen LogP contribution in [0, 0.1) is 11.7 Å². The summed E-state index contributed by atoms with van der Waals surface area (Å²) in [5.41, 5.74) is 0.347. The second-order valence-electron chi connectivity index (χ2n) is 4.63. The van der Waals surface area contributed by atoms with Gasteiger partial charge in [0, 0.05) is 6.54 Å². The van der Waals surface area contributed by atoms with E-state index in [1.807, 2.05) is 0 Å². The van der Waals surface area contributed by atoms with E-state index < -0.39 is 34.3 Å². The lowest BCUT2D eigenvalue weighted by atomic mass is 10.1. The number of anilines is 1. The number of halogens is 1. The summed E-state index contributed by atoms with van der Waals surface area (Å²) in [5, 5.41) is 0. The van der Waals surface area contributed by atoms with Crippen molar-refractivity contribution in [3.05, 3.63) is 29.6 Å². The van der Waals surface area contributed by atoms with Crippen LogP contribution in [0.2, 0.25) is 0 Å². The van der Waals surface area contributed by atoms with Crippen LogP contribution in [0.15, 0.2) is 18.2 Å². The van der Waals surface area contributed by atoms with E-state index in [1.54, 1.807) is 0 Å². The normalized spacial score (nSPS) is 18.3. The number of amides is 1. The molecule has 1 amide bonds. The first-order valence-electron chi connectivity index (χ1n) is 6.23. The summed E-state index contributed by atoms with van der Waals surface area (Å²) < 4.78 is 39.8. The topological polar surface area (TPSA) is 80.8 Å². The Kier molecular flexibility index (Phi) is 4.56. The van der Waals surface area contributed by atoms with Crippen molar-refractivity contribution < 1.29 is 27.1 Å². The molecule has 1 saturated heterocycles. The fourth-order valence-electron chi connectivity index (χ4n) is 2.30. The minimum Gasteiger partial charge on any atom is -0.468 e. The van der Waals surface area contributed by atoms with Crippen LogP contribution in [0.25, 0.3) is 0 Å². The lowest BCUT2D eigenvalue weighted by Crippen LogP contribution is -2.31. The molecule has 1 aliphatic rings. The van der Waals surface area contributed by atoms with Gasteiger partial charge in [0.05, 0.1) is 18.6 Å². The maximum atomic E-state index is 14.0. The lowest BCUT2D eigenvalue weighted by molar-refractivity contribution is -0.148. The van der Waals surface area contributed by atoms with E-state index in [4.69, 9.17) is 0 Å². The van der Waals surface area contributed by atoms with Crippen LogP contribution < -0.4 is 4.90 Å². The van der Waals surface area contributed by atoms with Gasteiger partial charge in [0.1, 0.15) is 22.4 Å². The predicted octanol–water partition coefficient (Wildman–Crippen LogP) is 0.463. The number of nitrogens with zero attached hydrogens (tertiary/aromatic N) is 1. The quantitative estimate of drug-likeness (QED) is 0.496. The number of carbonyl (C=O) groups excluding carboxylic acids is 2. The molecule has 1 aromatic carbocycles. The van der Waals surface area contributed by atoms with E-state index in [-0.39, 0.29) is 24.4 Å². The summed E-state index contributed by atoms with van der Waals surface area (Å²) in [4.78, 5) is 24.7. The molecule has 0 bridgehead atoms. The molecule has 114 valence electrons. The van der Waals surface area contributed by atoms with Gasteiger partial charge in [-0.15, -0.1) is 0 Å². The van der Waals surface area contributed by atoms with Gasteiger partial charge in [0.25, 0.3) is 0 Å². The minimum absolute atomic E-state index is 0.0382. The standard InChI is InChI=1S/C13H14FNO5S/c1-20-13(17)9-4-5-15(12(9)16)11-3-2-8(6-10(11)14)7-21(18)19/h2-3,6,9,21H,4-5,7H2,1H3. The number of ether oxygens (including phenoxy) is 1. The zero-order valence-corrected chi connectivity index (χ0v) is 12.1. The minimum atomic E-state index is -2.64. The zero-order valence-electron chi connectivity index (χ0n) is 11.2. The first kappa shape index (κ1) is 15.4. The van der Waals surface area contributed by atoms with Crippen LogP contribution >= 0.6 is 0 Å². The Morgan fingerprint density at radius 3 is 2.76 bits per heavy atom. The third kappa shape index (κ3) is 3.21. The highest BCUT2D eigenvalue weighted by Gasteiger charge is 2.39. The highest BCUT2D eigenvalue weighted by atomic mass is 32.2. The van der Waals surface area contributed by atoms with Crippen molar-refractivity contribution in [1.29, 1.82) is 0 Å². The maximum Gasteiger partial charge on any atom is 0.318 e. The average Bonchev–Trinajstić information content (AvgIpc) is 2.79. The Hall–Kier alpha value is -1.96. The molecular formula is C13H14FNO5S. The Labute approximate surface area is 122 Å². The van der Waals surface area contributed by atoms with Crippen LogP contribution in [0.3, 0.4) is 0 Å². The molecule has 1 atom stereocenters. The highest BCUT2D eigenvalue weighted by molar-refractivity contribution is 7.71. The Balaban J connectivity index is 2.23. The third-order valence-electron chi connectivity index (χ3n) is 3.31. The molecule has 6 nitrogen and oxygen atoms in total. The van der Waals surface area contributed by atoms with E-state index in [0.29, 0.717) is 5.56 Å². The van der Waals surface area contributed by atoms with Gasteiger partial charge in [-0.05, 0) is 24.1 Å². The largest absolute Gasteiger partial charge is 0.468 e. The summed E-state index contributed by atoms with van der Waals surface area (Å²) in [6.07, 6.45) is 0.263. The van der Waals surface area contributed by atoms with E-state index in [9.17, 15) is 22.4 Å². The molecule has 2 rings (SSSR count). The molecule has 0 aliphatic carbocycles. The number of methoxy groups -OCH3 is 1. The average molecular weight is 315 g/mol. The first-order chi connectivity index (χ1) is 9.93. The van der Waals surface area contributed by atoms with Gasteiger partial charge in [-0.2, -0.15) is 0 Å². The lowest BCUT2D eigenvalue weighted by Gasteiger charge is -2.17. The van der Waals surface area contributed by atoms with Crippen molar-refractivity contribution in [2.75, 3.05) is 18.6 Å². The van der Waals surface area contributed by atoms with E-state index in [1.165, 1.54) is 24.1 Å². The number of hydrogen-bond acceptors (Lipinski definition) is 5.